The number of halogens is 3. The van der Waals surface area contributed by atoms with Crippen molar-refractivity contribution in [3.8, 4) is 5.69 Å². The maximum absolute atomic E-state index is 13.7. The highest BCUT2D eigenvalue weighted by Crippen LogP contribution is 2.41. The molecule has 1 aliphatic rings. The van der Waals surface area contributed by atoms with Crippen molar-refractivity contribution in [1.29, 1.82) is 0 Å². The summed E-state index contributed by atoms with van der Waals surface area (Å²) in [4.78, 5) is 39.4. The first-order valence-electron chi connectivity index (χ1n) is 11.2. The minimum absolute atomic E-state index is 0.00739. The lowest BCUT2D eigenvalue weighted by molar-refractivity contribution is -0.138. The molecule has 1 atom stereocenters. The zero-order valence-electron chi connectivity index (χ0n) is 19.7. The molecule has 0 radical (unpaired) electrons. The van der Waals surface area contributed by atoms with Crippen LogP contribution in [-0.2, 0) is 26.7 Å². The van der Waals surface area contributed by atoms with Crippen LogP contribution in [0.1, 0.15) is 34.7 Å². The van der Waals surface area contributed by atoms with E-state index >= 15 is 0 Å². The average Bonchev–Trinajstić information content (AvgIpc) is 3.38. The minimum Gasteiger partial charge on any atom is -0.409 e. The number of alkyl halides is 3. The standard InChI is InChI=1S/C24H21F3N6O4/c1-30-18-8-6-12(10-19(18)31(2)22(30)35)32-11-15(20(28)29-37)21(34)33(23(32)36)17-9-7-13-14(17)4-3-5-16(13)24(25,26)27/h3-6,8,10-11,17,37H,7,9H2,1-2H3,(H2,28,29)/t17-/m1/s1. The molecule has 1 aliphatic carbocycles. The van der Waals surface area contributed by atoms with E-state index in [0.717, 1.165) is 21.4 Å². The lowest BCUT2D eigenvalue weighted by Crippen LogP contribution is -2.44. The third-order valence-corrected chi connectivity index (χ3v) is 6.89. The summed E-state index contributed by atoms with van der Waals surface area (Å²) >= 11 is 0. The average molecular weight is 514 g/mol. The highest BCUT2D eigenvalue weighted by Gasteiger charge is 2.38. The Morgan fingerprint density at radius 2 is 1.76 bits per heavy atom. The highest BCUT2D eigenvalue weighted by atomic mass is 19.4. The summed E-state index contributed by atoms with van der Waals surface area (Å²) in [7, 11) is 3.16. The fourth-order valence-electron chi connectivity index (χ4n) is 5.07. The van der Waals surface area contributed by atoms with Crippen molar-refractivity contribution >= 4 is 16.9 Å². The lowest BCUT2D eigenvalue weighted by atomic mass is 10.0. The van der Waals surface area contributed by atoms with Crippen LogP contribution in [0.2, 0.25) is 0 Å². The molecule has 0 saturated carbocycles. The number of hydrogen-bond acceptors (Lipinski definition) is 5. The van der Waals surface area contributed by atoms with Gasteiger partial charge in [0.2, 0.25) is 0 Å². The molecule has 2 aromatic carbocycles. The predicted octanol–water partition coefficient (Wildman–Crippen LogP) is 1.84. The van der Waals surface area contributed by atoms with E-state index in [1.807, 2.05) is 0 Å². The second-order valence-corrected chi connectivity index (χ2v) is 8.85. The van der Waals surface area contributed by atoms with Gasteiger partial charge in [-0.1, -0.05) is 17.3 Å². The molecule has 0 bridgehead atoms. The van der Waals surface area contributed by atoms with Crippen molar-refractivity contribution in [1.82, 2.24) is 18.3 Å². The summed E-state index contributed by atoms with van der Waals surface area (Å²) in [6.45, 7) is 0. The molecule has 0 aliphatic heterocycles. The second kappa shape index (κ2) is 8.25. The largest absolute Gasteiger partial charge is 0.416 e. The number of imidazole rings is 1. The Kier molecular flexibility index (Phi) is 5.39. The van der Waals surface area contributed by atoms with Gasteiger partial charge in [0.05, 0.1) is 28.3 Å². The molecular weight excluding hydrogens is 493 g/mol. The molecule has 0 saturated heterocycles. The smallest absolute Gasteiger partial charge is 0.409 e. The normalized spacial score (nSPS) is 15.9. The van der Waals surface area contributed by atoms with Gasteiger partial charge in [-0.25, -0.2) is 9.59 Å². The van der Waals surface area contributed by atoms with Gasteiger partial charge < -0.3 is 10.9 Å². The maximum Gasteiger partial charge on any atom is 0.416 e. The molecule has 13 heteroatoms. The van der Waals surface area contributed by atoms with Crippen molar-refractivity contribution in [3.63, 3.8) is 0 Å². The SMILES string of the molecule is Cn1c(=O)n(C)c2cc(-n3cc(C(N)=NO)c(=O)n([C@@H]4CCc5c4cccc5C(F)(F)F)c3=O)ccc21. The number of benzene rings is 2. The number of amidine groups is 1. The van der Waals surface area contributed by atoms with Crippen molar-refractivity contribution in [2.75, 3.05) is 0 Å². The first kappa shape index (κ1) is 24.2. The van der Waals surface area contributed by atoms with Gasteiger partial charge in [0, 0.05) is 20.3 Å². The minimum atomic E-state index is -4.59. The van der Waals surface area contributed by atoms with E-state index in [0.29, 0.717) is 11.0 Å². The van der Waals surface area contributed by atoms with Crippen LogP contribution in [0.5, 0.6) is 0 Å². The van der Waals surface area contributed by atoms with E-state index in [4.69, 9.17) is 5.73 Å². The number of rotatable bonds is 3. The van der Waals surface area contributed by atoms with Crippen LogP contribution in [0.25, 0.3) is 16.7 Å². The lowest BCUT2D eigenvalue weighted by Gasteiger charge is -2.19. The summed E-state index contributed by atoms with van der Waals surface area (Å²) in [5, 5.41) is 12.1. The van der Waals surface area contributed by atoms with Crippen LogP contribution in [0, 0.1) is 0 Å². The summed E-state index contributed by atoms with van der Waals surface area (Å²) in [5.74, 6) is -0.567. The monoisotopic (exact) mass is 514 g/mol. The Balaban J connectivity index is 1.79. The first-order valence-corrected chi connectivity index (χ1v) is 11.2. The van der Waals surface area contributed by atoms with Crippen LogP contribution in [-0.4, -0.2) is 29.3 Å². The van der Waals surface area contributed by atoms with Gasteiger partial charge in [0.15, 0.2) is 5.84 Å². The van der Waals surface area contributed by atoms with Crippen LogP contribution in [0.15, 0.2) is 62.1 Å². The number of nitrogens with zero attached hydrogens (tertiary/aromatic N) is 5. The molecule has 0 spiro atoms. The number of aryl methyl sites for hydroxylation is 2. The quantitative estimate of drug-likeness (QED) is 0.187. The molecule has 2 heterocycles. The van der Waals surface area contributed by atoms with Gasteiger partial charge in [-0.05, 0) is 48.2 Å². The Hall–Kier alpha value is -4.55. The Bertz CT molecular complexity index is 1790. The van der Waals surface area contributed by atoms with Crippen LogP contribution >= 0.6 is 0 Å². The predicted molar refractivity (Wildman–Crippen MR) is 128 cm³/mol. The third-order valence-electron chi connectivity index (χ3n) is 6.89. The zero-order chi connectivity index (χ0) is 26.8. The fraction of sp³-hybridized carbons (Fsp3) is 0.250. The number of oxime groups is 1. The molecule has 0 fully saturated rings. The molecule has 3 N–H and O–H groups in total. The molecule has 10 nitrogen and oxygen atoms in total. The van der Waals surface area contributed by atoms with Gasteiger partial charge in [-0.2, -0.15) is 13.2 Å². The third kappa shape index (κ3) is 3.57. The molecule has 0 amide bonds. The van der Waals surface area contributed by atoms with Crippen molar-refractivity contribution in [2.24, 2.45) is 25.0 Å². The zero-order valence-corrected chi connectivity index (χ0v) is 19.7. The van der Waals surface area contributed by atoms with Gasteiger partial charge in [-0.3, -0.25) is 23.1 Å². The Labute approximate surface area is 205 Å². The molecule has 2 aromatic heterocycles. The molecule has 37 heavy (non-hydrogen) atoms. The number of aromatic nitrogens is 4. The summed E-state index contributed by atoms with van der Waals surface area (Å²) in [6, 6.07) is 7.40. The van der Waals surface area contributed by atoms with E-state index in [2.05, 4.69) is 5.16 Å². The van der Waals surface area contributed by atoms with Crippen molar-refractivity contribution in [3.05, 3.63) is 96.2 Å². The summed E-state index contributed by atoms with van der Waals surface area (Å²) < 4.78 is 45.6. The summed E-state index contributed by atoms with van der Waals surface area (Å²) in [5.41, 5.74) is 4.19. The van der Waals surface area contributed by atoms with E-state index in [1.165, 1.54) is 21.3 Å². The van der Waals surface area contributed by atoms with Gasteiger partial charge >= 0.3 is 17.6 Å². The maximum atomic E-state index is 13.7. The molecular formula is C24H21F3N6O4. The van der Waals surface area contributed by atoms with E-state index in [1.54, 1.807) is 32.3 Å². The molecule has 5 rings (SSSR count). The van der Waals surface area contributed by atoms with Crippen molar-refractivity contribution < 1.29 is 18.4 Å². The number of fused-ring (bicyclic) bond motifs is 2. The van der Waals surface area contributed by atoms with Crippen LogP contribution in [0.4, 0.5) is 13.2 Å². The van der Waals surface area contributed by atoms with Crippen LogP contribution in [0.3, 0.4) is 0 Å². The second-order valence-electron chi connectivity index (χ2n) is 8.85. The number of nitrogens with two attached hydrogens (primary N) is 1. The van der Waals surface area contributed by atoms with Gasteiger partial charge in [-0.15, -0.1) is 0 Å². The molecule has 0 unspecified atom stereocenters. The topological polar surface area (TPSA) is 130 Å². The van der Waals surface area contributed by atoms with E-state index in [9.17, 15) is 32.8 Å². The Morgan fingerprint density at radius 3 is 2.43 bits per heavy atom. The fourth-order valence-corrected chi connectivity index (χ4v) is 5.07. The first-order chi connectivity index (χ1) is 17.5. The molecule has 192 valence electrons. The number of hydrogen-bond donors (Lipinski definition) is 2. The molecule has 4 aromatic rings. The van der Waals surface area contributed by atoms with Gasteiger partial charge in [0.1, 0.15) is 5.56 Å². The Morgan fingerprint density at radius 1 is 1.05 bits per heavy atom. The van der Waals surface area contributed by atoms with Gasteiger partial charge in [0.25, 0.3) is 5.56 Å². The van der Waals surface area contributed by atoms with E-state index < -0.39 is 34.9 Å². The van der Waals surface area contributed by atoms with E-state index in [-0.39, 0.29) is 40.9 Å². The van der Waals surface area contributed by atoms with Crippen molar-refractivity contribution in [2.45, 2.75) is 25.1 Å². The van der Waals surface area contributed by atoms with Crippen LogP contribution < -0.4 is 22.7 Å². The highest BCUT2D eigenvalue weighted by molar-refractivity contribution is 5.96. The summed E-state index contributed by atoms with van der Waals surface area (Å²) in [6.07, 6.45) is -3.40.